The SMILES string of the molecule is CC(C)CN(CC(C)C)C(=O)CSc1nnnn1C1CCCC1. The van der Waals surface area contributed by atoms with E-state index in [1.54, 1.807) is 0 Å². The molecule has 0 bridgehead atoms. The van der Waals surface area contributed by atoms with Crippen molar-refractivity contribution in [1.29, 1.82) is 0 Å². The van der Waals surface area contributed by atoms with E-state index in [2.05, 4.69) is 43.2 Å². The zero-order chi connectivity index (χ0) is 16.8. The lowest BCUT2D eigenvalue weighted by Gasteiger charge is -2.26. The maximum Gasteiger partial charge on any atom is 0.233 e. The van der Waals surface area contributed by atoms with Crippen LogP contribution < -0.4 is 0 Å². The van der Waals surface area contributed by atoms with Crippen LogP contribution in [-0.4, -0.2) is 49.9 Å². The highest BCUT2D eigenvalue weighted by molar-refractivity contribution is 7.99. The average Bonchev–Trinajstić information content (AvgIpc) is 3.13. The summed E-state index contributed by atoms with van der Waals surface area (Å²) in [5, 5.41) is 12.8. The first-order chi connectivity index (χ1) is 11.0. The molecule has 1 amide bonds. The van der Waals surface area contributed by atoms with Gasteiger partial charge in [-0.3, -0.25) is 4.79 Å². The van der Waals surface area contributed by atoms with E-state index < -0.39 is 0 Å². The predicted octanol–water partition coefficient (Wildman–Crippen LogP) is 3.02. The Bertz CT molecular complexity index is 486. The summed E-state index contributed by atoms with van der Waals surface area (Å²) in [5.41, 5.74) is 0. The molecule has 0 aromatic carbocycles. The van der Waals surface area contributed by atoms with Crippen molar-refractivity contribution in [2.75, 3.05) is 18.8 Å². The maximum absolute atomic E-state index is 12.6. The van der Waals surface area contributed by atoms with E-state index in [1.807, 2.05) is 9.58 Å². The molecule has 0 unspecified atom stereocenters. The summed E-state index contributed by atoms with van der Waals surface area (Å²) < 4.78 is 1.92. The van der Waals surface area contributed by atoms with Gasteiger partial charge in [0.2, 0.25) is 11.1 Å². The fraction of sp³-hybridized carbons (Fsp3) is 0.875. The number of carbonyl (C=O) groups excluding carboxylic acids is 1. The van der Waals surface area contributed by atoms with Crippen LogP contribution in [0.15, 0.2) is 5.16 Å². The second-order valence-electron chi connectivity index (χ2n) is 7.22. The Kier molecular flexibility index (Phi) is 6.87. The fourth-order valence-electron chi connectivity index (χ4n) is 3.04. The van der Waals surface area contributed by atoms with Crippen LogP contribution in [0.2, 0.25) is 0 Å². The minimum Gasteiger partial charge on any atom is -0.341 e. The van der Waals surface area contributed by atoms with Gasteiger partial charge in [0.05, 0.1) is 11.8 Å². The molecule has 7 heteroatoms. The van der Waals surface area contributed by atoms with Crippen molar-refractivity contribution in [3.63, 3.8) is 0 Å². The van der Waals surface area contributed by atoms with Gasteiger partial charge in [-0.1, -0.05) is 52.3 Å². The Hall–Kier alpha value is -1.11. The zero-order valence-corrected chi connectivity index (χ0v) is 15.6. The maximum atomic E-state index is 12.6. The Labute approximate surface area is 143 Å². The van der Waals surface area contributed by atoms with Crippen molar-refractivity contribution in [2.24, 2.45) is 11.8 Å². The Balaban J connectivity index is 1.93. The third-order valence-electron chi connectivity index (χ3n) is 3.98. The lowest BCUT2D eigenvalue weighted by atomic mass is 10.1. The number of aromatic nitrogens is 4. The van der Waals surface area contributed by atoms with Crippen molar-refractivity contribution in [2.45, 2.75) is 64.6 Å². The fourth-order valence-corrected chi connectivity index (χ4v) is 3.88. The summed E-state index contributed by atoms with van der Waals surface area (Å²) in [6, 6.07) is 0.407. The summed E-state index contributed by atoms with van der Waals surface area (Å²) in [6.07, 6.45) is 4.76. The first-order valence-electron chi connectivity index (χ1n) is 8.65. The number of nitrogens with zero attached hydrogens (tertiary/aromatic N) is 5. The summed E-state index contributed by atoms with van der Waals surface area (Å²) in [7, 11) is 0. The van der Waals surface area contributed by atoms with Crippen LogP contribution in [0.1, 0.15) is 59.4 Å². The van der Waals surface area contributed by atoms with Crippen molar-refractivity contribution in [3.8, 4) is 0 Å². The minimum atomic E-state index is 0.179. The molecular formula is C16H29N5OS. The Morgan fingerprint density at radius 2 is 1.83 bits per heavy atom. The van der Waals surface area contributed by atoms with Crippen LogP contribution in [0.5, 0.6) is 0 Å². The summed E-state index contributed by atoms with van der Waals surface area (Å²) in [6.45, 7) is 10.2. The van der Waals surface area contributed by atoms with E-state index >= 15 is 0 Å². The number of hydrogen-bond acceptors (Lipinski definition) is 5. The first-order valence-corrected chi connectivity index (χ1v) is 9.64. The van der Waals surface area contributed by atoms with Crippen LogP contribution in [-0.2, 0) is 4.79 Å². The largest absolute Gasteiger partial charge is 0.341 e. The predicted molar refractivity (Wildman–Crippen MR) is 92.3 cm³/mol. The van der Waals surface area contributed by atoms with Gasteiger partial charge in [0.1, 0.15) is 0 Å². The molecule has 23 heavy (non-hydrogen) atoms. The van der Waals surface area contributed by atoms with Crippen molar-refractivity contribution in [1.82, 2.24) is 25.1 Å². The highest BCUT2D eigenvalue weighted by Gasteiger charge is 2.23. The molecule has 0 spiro atoms. The Morgan fingerprint density at radius 3 is 2.39 bits per heavy atom. The number of amides is 1. The van der Waals surface area contributed by atoms with Crippen LogP contribution in [0, 0.1) is 11.8 Å². The summed E-state index contributed by atoms with van der Waals surface area (Å²) >= 11 is 1.47. The van der Waals surface area contributed by atoms with E-state index in [9.17, 15) is 4.79 Å². The number of rotatable bonds is 8. The molecular weight excluding hydrogens is 310 g/mol. The van der Waals surface area contributed by atoms with Crippen LogP contribution in [0.4, 0.5) is 0 Å². The molecule has 1 saturated carbocycles. The number of thioether (sulfide) groups is 1. The van der Waals surface area contributed by atoms with E-state index in [0.29, 0.717) is 23.6 Å². The third kappa shape index (κ3) is 5.48. The van der Waals surface area contributed by atoms with Crippen molar-refractivity contribution < 1.29 is 4.79 Å². The molecule has 1 fully saturated rings. The monoisotopic (exact) mass is 339 g/mol. The van der Waals surface area contributed by atoms with Gasteiger partial charge >= 0.3 is 0 Å². The molecule has 1 aromatic heterocycles. The van der Waals surface area contributed by atoms with Gasteiger partial charge in [0, 0.05) is 13.1 Å². The number of tetrazole rings is 1. The van der Waals surface area contributed by atoms with Gasteiger partial charge in [0.25, 0.3) is 0 Å². The molecule has 0 radical (unpaired) electrons. The zero-order valence-electron chi connectivity index (χ0n) is 14.7. The summed E-state index contributed by atoms with van der Waals surface area (Å²) in [4.78, 5) is 14.5. The van der Waals surface area contributed by atoms with Gasteiger partial charge < -0.3 is 4.90 Å². The van der Waals surface area contributed by atoms with Gasteiger partial charge in [-0.2, -0.15) is 0 Å². The van der Waals surface area contributed by atoms with Crippen molar-refractivity contribution >= 4 is 17.7 Å². The van der Waals surface area contributed by atoms with E-state index in [4.69, 9.17) is 0 Å². The molecule has 1 aliphatic rings. The summed E-state index contributed by atoms with van der Waals surface area (Å²) in [5.74, 6) is 1.54. The van der Waals surface area contributed by atoms with Gasteiger partial charge in [-0.05, 0) is 35.1 Å². The molecule has 0 atom stereocenters. The second-order valence-corrected chi connectivity index (χ2v) is 8.16. The van der Waals surface area contributed by atoms with E-state index in [0.717, 1.165) is 31.1 Å². The quantitative estimate of drug-likeness (QED) is 0.681. The smallest absolute Gasteiger partial charge is 0.233 e. The third-order valence-corrected chi connectivity index (χ3v) is 4.90. The van der Waals surface area contributed by atoms with E-state index in [-0.39, 0.29) is 5.91 Å². The molecule has 0 N–H and O–H groups in total. The lowest BCUT2D eigenvalue weighted by molar-refractivity contribution is -0.129. The van der Waals surface area contributed by atoms with Crippen LogP contribution >= 0.6 is 11.8 Å². The average molecular weight is 340 g/mol. The molecule has 0 aliphatic heterocycles. The van der Waals surface area contributed by atoms with Gasteiger partial charge in [0.15, 0.2) is 0 Å². The topological polar surface area (TPSA) is 63.9 Å². The number of carbonyl (C=O) groups is 1. The number of hydrogen-bond donors (Lipinski definition) is 0. The normalized spacial score (nSPS) is 15.7. The Morgan fingerprint density at radius 1 is 1.22 bits per heavy atom. The van der Waals surface area contributed by atoms with Crippen LogP contribution in [0.3, 0.4) is 0 Å². The molecule has 130 valence electrons. The molecule has 1 heterocycles. The molecule has 1 aliphatic carbocycles. The molecule has 2 rings (SSSR count). The van der Waals surface area contributed by atoms with Crippen molar-refractivity contribution in [3.05, 3.63) is 0 Å². The first kappa shape index (κ1) is 18.2. The highest BCUT2D eigenvalue weighted by atomic mass is 32.2. The second kappa shape index (κ2) is 8.66. The highest BCUT2D eigenvalue weighted by Crippen LogP contribution is 2.31. The molecule has 6 nitrogen and oxygen atoms in total. The van der Waals surface area contributed by atoms with Crippen LogP contribution in [0.25, 0.3) is 0 Å². The standard InChI is InChI=1S/C16H29N5OS/c1-12(2)9-20(10-13(3)4)15(22)11-23-16-17-18-19-21(16)14-7-5-6-8-14/h12-14H,5-11H2,1-4H3. The molecule has 1 aromatic rings. The van der Waals surface area contributed by atoms with E-state index in [1.165, 1.54) is 24.6 Å². The molecule has 0 saturated heterocycles. The van der Waals surface area contributed by atoms with Gasteiger partial charge in [-0.15, -0.1) is 5.10 Å². The van der Waals surface area contributed by atoms with Gasteiger partial charge in [-0.25, -0.2) is 4.68 Å². The minimum absolute atomic E-state index is 0.179. The lowest BCUT2D eigenvalue weighted by Crippen LogP contribution is -2.38.